The smallest absolute Gasteiger partial charge is 0.00134 e. The fourth-order valence-corrected chi connectivity index (χ4v) is 2.81. The monoisotopic (exact) mass is 245 g/mol. The Kier molecular flexibility index (Phi) is 4.11. The van der Waals surface area contributed by atoms with Crippen molar-refractivity contribution in [2.24, 2.45) is 11.3 Å². The van der Waals surface area contributed by atoms with Crippen molar-refractivity contribution in [1.82, 2.24) is 5.32 Å². The number of benzene rings is 1. The number of rotatable bonds is 6. The SMILES string of the molecule is Cc1ccccc1CC(C)(CNC(C)C)C1CC1. The zero-order valence-corrected chi connectivity index (χ0v) is 12.3. The Morgan fingerprint density at radius 2 is 1.94 bits per heavy atom. The Morgan fingerprint density at radius 1 is 1.28 bits per heavy atom. The highest BCUT2D eigenvalue weighted by atomic mass is 14.9. The van der Waals surface area contributed by atoms with Gasteiger partial charge in [0.05, 0.1) is 0 Å². The van der Waals surface area contributed by atoms with E-state index in [9.17, 15) is 0 Å². The van der Waals surface area contributed by atoms with Crippen LogP contribution in [-0.2, 0) is 6.42 Å². The third-order valence-electron chi connectivity index (χ3n) is 4.33. The summed E-state index contributed by atoms with van der Waals surface area (Å²) in [4.78, 5) is 0. The van der Waals surface area contributed by atoms with E-state index in [0.29, 0.717) is 11.5 Å². The molecule has 1 aliphatic carbocycles. The van der Waals surface area contributed by atoms with Gasteiger partial charge in [-0.3, -0.25) is 0 Å². The first-order valence-electron chi connectivity index (χ1n) is 7.29. The Balaban J connectivity index is 2.08. The third kappa shape index (κ3) is 3.35. The van der Waals surface area contributed by atoms with E-state index in [1.807, 2.05) is 0 Å². The number of nitrogens with one attached hydrogen (secondary N) is 1. The van der Waals surface area contributed by atoms with Crippen molar-refractivity contribution in [1.29, 1.82) is 0 Å². The van der Waals surface area contributed by atoms with E-state index in [-0.39, 0.29) is 0 Å². The van der Waals surface area contributed by atoms with Gasteiger partial charge in [-0.1, -0.05) is 45.0 Å². The zero-order chi connectivity index (χ0) is 13.2. The quantitative estimate of drug-likeness (QED) is 0.800. The van der Waals surface area contributed by atoms with E-state index in [2.05, 4.69) is 57.3 Å². The molecule has 1 nitrogen and oxygen atoms in total. The molecular weight excluding hydrogens is 218 g/mol. The van der Waals surface area contributed by atoms with Gasteiger partial charge in [-0.2, -0.15) is 0 Å². The molecule has 0 bridgehead atoms. The first-order chi connectivity index (χ1) is 8.51. The molecule has 1 aliphatic rings. The molecule has 0 radical (unpaired) electrons. The summed E-state index contributed by atoms with van der Waals surface area (Å²) >= 11 is 0. The molecule has 0 saturated heterocycles. The molecule has 0 aromatic heterocycles. The van der Waals surface area contributed by atoms with Crippen LogP contribution in [0.3, 0.4) is 0 Å². The second kappa shape index (κ2) is 5.44. The molecule has 1 saturated carbocycles. The second-order valence-corrected chi connectivity index (χ2v) is 6.57. The summed E-state index contributed by atoms with van der Waals surface area (Å²) in [6.45, 7) is 10.3. The van der Waals surface area contributed by atoms with Crippen LogP contribution in [0.15, 0.2) is 24.3 Å². The van der Waals surface area contributed by atoms with Gasteiger partial charge in [0.15, 0.2) is 0 Å². The molecule has 100 valence electrons. The van der Waals surface area contributed by atoms with Gasteiger partial charge in [0.25, 0.3) is 0 Å². The molecule has 0 amide bonds. The summed E-state index contributed by atoms with van der Waals surface area (Å²) in [5.74, 6) is 0.920. The topological polar surface area (TPSA) is 12.0 Å². The standard InChI is InChI=1S/C17H27N/c1-13(2)18-12-17(4,16-9-10-16)11-15-8-6-5-7-14(15)3/h5-8,13,16,18H,9-12H2,1-4H3. The molecule has 1 N–H and O–H groups in total. The molecule has 0 aliphatic heterocycles. The predicted molar refractivity (Wildman–Crippen MR) is 78.9 cm³/mol. The molecule has 0 spiro atoms. The summed E-state index contributed by atoms with van der Waals surface area (Å²) in [5.41, 5.74) is 3.39. The van der Waals surface area contributed by atoms with Crippen molar-refractivity contribution in [2.45, 2.75) is 53.0 Å². The maximum Gasteiger partial charge on any atom is 0.00134 e. The predicted octanol–water partition coefficient (Wildman–Crippen LogP) is 3.95. The first kappa shape index (κ1) is 13.6. The number of hydrogen-bond donors (Lipinski definition) is 1. The van der Waals surface area contributed by atoms with Crippen molar-refractivity contribution in [3.8, 4) is 0 Å². The van der Waals surface area contributed by atoms with Crippen molar-refractivity contribution in [3.63, 3.8) is 0 Å². The molecule has 1 fully saturated rings. The van der Waals surface area contributed by atoms with Crippen molar-refractivity contribution < 1.29 is 0 Å². The highest BCUT2D eigenvalue weighted by molar-refractivity contribution is 5.27. The summed E-state index contributed by atoms with van der Waals surface area (Å²) in [6.07, 6.45) is 4.05. The molecule has 1 atom stereocenters. The highest BCUT2D eigenvalue weighted by Crippen LogP contribution is 2.47. The normalized spacial score (nSPS) is 18.9. The van der Waals surface area contributed by atoms with E-state index in [1.54, 1.807) is 0 Å². The van der Waals surface area contributed by atoms with Gasteiger partial charge >= 0.3 is 0 Å². The highest BCUT2D eigenvalue weighted by Gasteiger charge is 2.41. The van der Waals surface area contributed by atoms with Crippen molar-refractivity contribution in [2.75, 3.05) is 6.54 Å². The molecule has 1 heteroatoms. The molecule has 1 aromatic rings. The molecule has 1 aromatic carbocycles. The minimum Gasteiger partial charge on any atom is -0.314 e. The van der Waals surface area contributed by atoms with Crippen LogP contribution in [0.4, 0.5) is 0 Å². The van der Waals surface area contributed by atoms with Crippen molar-refractivity contribution >= 4 is 0 Å². The van der Waals surface area contributed by atoms with Crippen molar-refractivity contribution in [3.05, 3.63) is 35.4 Å². The van der Waals surface area contributed by atoms with Crippen LogP contribution in [-0.4, -0.2) is 12.6 Å². The average molecular weight is 245 g/mol. The van der Waals surface area contributed by atoms with Gasteiger partial charge in [-0.15, -0.1) is 0 Å². The molecule has 18 heavy (non-hydrogen) atoms. The summed E-state index contributed by atoms with van der Waals surface area (Å²) < 4.78 is 0. The zero-order valence-electron chi connectivity index (χ0n) is 12.3. The van der Waals surface area contributed by atoms with Gasteiger partial charge in [0.2, 0.25) is 0 Å². The Labute approximate surface area is 112 Å². The van der Waals surface area contributed by atoms with Gasteiger partial charge in [-0.05, 0) is 48.6 Å². The third-order valence-corrected chi connectivity index (χ3v) is 4.33. The van der Waals surface area contributed by atoms with Crippen LogP contribution in [0.5, 0.6) is 0 Å². The van der Waals surface area contributed by atoms with Crippen LogP contribution in [0.1, 0.15) is 44.7 Å². The minimum absolute atomic E-state index is 0.427. The van der Waals surface area contributed by atoms with E-state index >= 15 is 0 Å². The van der Waals surface area contributed by atoms with E-state index in [0.717, 1.165) is 12.5 Å². The molecular formula is C17H27N. The minimum atomic E-state index is 0.427. The van der Waals surface area contributed by atoms with Crippen LogP contribution < -0.4 is 5.32 Å². The molecule has 1 unspecified atom stereocenters. The van der Waals surface area contributed by atoms with E-state index in [4.69, 9.17) is 0 Å². The van der Waals surface area contributed by atoms with E-state index < -0.39 is 0 Å². The average Bonchev–Trinajstić information content (AvgIpc) is 3.14. The lowest BCUT2D eigenvalue weighted by atomic mass is 9.78. The van der Waals surface area contributed by atoms with Crippen LogP contribution >= 0.6 is 0 Å². The summed E-state index contributed by atoms with van der Waals surface area (Å²) in [7, 11) is 0. The van der Waals surface area contributed by atoms with Crippen LogP contribution in [0.25, 0.3) is 0 Å². The molecule has 0 heterocycles. The maximum absolute atomic E-state index is 3.65. The fraction of sp³-hybridized carbons (Fsp3) is 0.647. The number of hydrogen-bond acceptors (Lipinski definition) is 1. The number of aryl methyl sites for hydroxylation is 1. The van der Waals surface area contributed by atoms with Gasteiger partial charge in [0, 0.05) is 12.6 Å². The lowest BCUT2D eigenvalue weighted by Crippen LogP contribution is -2.38. The Bertz CT molecular complexity index is 392. The largest absolute Gasteiger partial charge is 0.314 e. The van der Waals surface area contributed by atoms with Gasteiger partial charge < -0.3 is 5.32 Å². The second-order valence-electron chi connectivity index (χ2n) is 6.57. The van der Waals surface area contributed by atoms with E-state index in [1.165, 1.54) is 30.4 Å². The Hall–Kier alpha value is -0.820. The lowest BCUT2D eigenvalue weighted by molar-refractivity contribution is 0.248. The Morgan fingerprint density at radius 3 is 2.50 bits per heavy atom. The fourth-order valence-electron chi connectivity index (χ4n) is 2.81. The first-order valence-corrected chi connectivity index (χ1v) is 7.29. The van der Waals surface area contributed by atoms with Gasteiger partial charge in [0.1, 0.15) is 0 Å². The van der Waals surface area contributed by atoms with Crippen LogP contribution in [0.2, 0.25) is 0 Å². The van der Waals surface area contributed by atoms with Gasteiger partial charge in [-0.25, -0.2) is 0 Å². The maximum atomic E-state index is 3.65. The summed E-state index contributed by atoms with van der Waals surface area (Å²) in [5, 5.41) is 3.65. The molecule has 2 rings (SSSR count). The van der Waals surface area contributed by atoms with Crippen LogP contribution in [0, 0.1) is 18.3 Å². The lowest BCUT2D eigenvalue weighted by Gasteiger charge is -2.32. The summed E-state index contributed by atoms with van der Waals surface area (Å²) in [6, 6.07) is 9.43.